The smallest absolute Gasteiger partial charge is 0.338 e. The van der Waals surface area contributed by atoms with Crippen molar-refractivity contribution in [1.29, 1.82) is 0 Å². The van der Waals surface area contributed by atoms with Gasteiger partial charge in [0, 0.05) is 6.42 Å². The lowest BCUT2D eigenvalue weighted by atomic mass is 9.85. The lowest BCUT2D eigenvalue weighted by Gasteiger charge is -2.40. The second-order valence-electron chi connectivity index (χ2n) is 7.91. The molecule has 33 heavy (non-hydrogen) atoms. The van der Waals surface area contributed by atoms with Gasteiger partial charge in [0.25, 0.3) is 0 Å². The number of β-lactam (4-membered cyclic amide) rings is 1. The van der Waals surface area contributed by atoms with Gasteiger partial charge >= 0.3 is 11.9 Å². The number of carboxylic acids is 1. The highest BCUT2D eigenvalue weighted by molar-refractivity contribution is 5.94. The molecule has 4 rings (SSSR count). The molecule has 0 radical (unpaired) electrons. The van der Waals surface area contributed by atoms with Crippen LogP contribution in [-0.4, -0.2) is 52.8 Å². The van der Waals surface area contributed by atoms with Gasteiger partial charge in [-0.1, -0.05) is 60.7 Å². The van der Waals surface area contributed by atoms with Gasteiger partial charge in [0.05, 0.1) is 26.1 Å². The molecule has 0 saturated carbocycles. The van der Waals surface area contributed by atoms with Crippen molar-refractivity contribution in [2.45, 2.75) is 37.6 Å². The molecule has 8 heteroatoms. The van der Waals surface area contributed by atoms with Crippen molar-refractivity contribution < 1.29 is 33.7 Å². The van der Waals surface area contributed by atoms with Crippen LogP contribution in [0.2, 0.25) is 0 Å². The van der Waals surface area contributed by atoms with Gasteiger partial charge < -0.3 is 19.3 Å². The summed E-state index contributed by atoms with van der Waals surface area (Å²) in [6.45, 7) is 0.353. The van der Waals surface area contributed by atoms with Crippen LogP contribution in [0, 0.1) is 0 Å². The van der Waals surface area contributed by atoms with Crippen LogP contribution in [0.15, 0.2) is 72.5 Å². The Hall–Kier alpha value is -3.65. The van der Waals surface area contributed by atoms with E-state index in [9.17, 15) is 19.5 Å². The first-order chi connectivity index (χ1) is 16.0. The number of nitrogens with zero attached hydrogens (tertiary/aromatic N) is 1. The predicted octanol–water partition coefficient (Wildman–Crippen LogP) is 2.68. The van der Waals surface area contributed by atoms with Crippen LogP contribution in [0.1, 0.15) is 24.0 Å². The topological polar surface area (TPSA) is 102 Å². The summed E-state index contributed by atoms with van der Waals surface area (Å²) < 4.78 is 16.5. The SMILES string of the molecule is O=C(CCOC/C=C1\O[C@@H]2CC(=O)N2[C@@]1(Cc1ccccc1)C(=O)O)OCc1ccccc1. The Morgan fingerprint density at radius 1 is 1.09 bits per heavy atom. The maximum Gasteiger partial charge on any atom is 0.338 e. The Bertz CT molecular complexity index is 1040. The largest absolute Gasteiger partial charge is 0.479 e. The van der Waals surface area contributed by atoms with Crippen LogP contribution in [0.25, 0.3) is 0 Å². The molecule has 172 valence electrons. The third-order valence-electron chi connectivity index (χ3n) is 5.72. The summed E-state index contributed by atoms with van der Waals surface area (Å²) in [5, 5.41) is 10.1. The number of esters is 1. The number of carboxylic acid groups (broad SMARTS) is 1. The number of hydrogen-bond acceptors (Lipinski definition) is 6. The fourth-order valence-electron chi connectivity index (χ4n) is 4.05. The van der Waals surface area contributed by atoms with Crippen LogP contribution >= 0.6 is 0 Å². The van der Waals surface area contributed by atoms with Crippen LogP contribution in [-0.2, 0) is 41.6 Å². The Morgan fingerprint density at radius 2 is 1.76 bits per heavy atom. The first-order valence-electron chi connectivity index (χ1n) is 10.7. The van der Waals surface area contributed by atoms with E-state index in [0.717, 1.165) is 11.1 Å². The number of amides is 1. The van der Waals surface area contributed by atoms with Crippen molar-refractivity contribution >= 4 is 17.8 Å². The zero-order chi connectivity index (χ0) is 23.3. The highest BCUT2D eigenvalue weighted by atomic mass is 16.5. The number of hydrogen-bond donors (Lipinski definition) is 1. The molecule has 2 fully saturated rings. The van der Waals surface area contributed by atoms with Crippen molar-refractivity contribution in [3.63, 3.8) is 0 Å². The van der Waals surface area contributed by atoms with Gasteiger partial charge in [-0.05, 0) is 17.2 Å². The maximum atomic E-state index is 12.4. The van der Waals surface area contributed by atoms with Gasteiger partial charge in [0.1, 0.15) is 12.4 Å². The number of benzene rings is 2. The minimum atomic E-state index is -1.61. The number of carbonyl (C=O) groups excluding carboxylic acids is 2. The molecule has 2 aromatic rings. The third kappa shape index (κ3) is 4.75. The number of aliphatic carboxylic acids is 1. The summed E-state index contributed by atoms with van der Waals surface area (Å²) in [6, 6.07) is 18.5. The van der Waals surface area contributed by atoms with E-state index in [-0.39, 0.29) is 56.7 Å². The highest BCUT2D eigenvalue weighted by Gasteiger charge is 2.64. The van der Waals surface area contributed by atoms with Gasteiger partial charge in [0.15, 0.2) is 6.23 Å². The minimum Gasteiger partial charge on any atom is -0.479 e. The molecule has 8 nitrogen and oxygen atoms in total. The molecule has 0 unspecified atom stereocenters. The van der Waals surface area contributed by atoms with Crippen molar-refractivity contribution in [2.24, 2.45) is 0 Å². The highest BCUT2D eigenvalue weighted by Crippen LogP contribution is 2.46. The van der Waals surface area contributed by atoms with Gasteiger partial charge in [-0.25, -0.2) is 4.79 Å². The fraction of sp³-hybridized carbons (Fsp3) is 0.320. The molecule has 0 aromatic heterocycles. The van der Waals surface area contributed by atoms with E-state index in [1.165, 1.54) is 11.0 Å². The average molecular weight is 451 g/mol. The molecule has 2 atom stereocenters. The number of fused-ring (bicyclic) bond motifs is 1. The van der Waals surface area contributed by atoms with Gasteiger partial charge in [-0.3, -0.25) is 14.5 Å². The lowest BCUT2D eigenvalue weighted by Crippen LogP contribution is -2.63. The standard InChI is InChI=1S/C25H25NO7/c27-21-15-22-26(21)25(24(29)30,16-18-7-3-1-4-8-18)20(33-22)11-13-31-14-12-23(28)32-17-19-9-5-2-6-10-19/h1-11,22H,12-17H2,(H,29,30)/b20-11-/t22-,25-/m1/s1. The van der Waals surface area contributed by atoms with Crippen molar-refractivity contribution in [3.05, 3.63) is 83.6 Å². The third-order valence-corrected chi connectivity index (χ3v) is 5.72. The normalized spacial score (nSPS) is 22.4. The molecular weight excluding hydrogens is 426 g/mol. The van der Waals surface area contributed by atoms with E-state index in [1.54, 1.807) is 0 Å². The molecule has 1 N–H and O–H groups in total. The van der Waals surface area contributed by atoms with Gasteiger partial charge in [-0.2, -0.15) is 0 Å². The zero-order valence-electron chi connectivity index (χ0n) is 18.0. The first-order valence-corrected chi connectivity index (χ1v) is 10.7. The van der Waals surface area contributed by atoms with E-state index in [4.69, 9.17) is 14.2 Å². The van der Waals surface area contributed by atoms with Crippen molar-refractivity contribution in [1.82, 2.24) is 4.90 Å². The minimum absolute atomic E-state index is 0.0415. The summed E-state index contributed by atoms with van der Waals surface area (Å²) in [7, 11) is 0. The van der Waals surface area contributed by atoms with E-state index in [1.807, 2.05) is 60.7 Å². The van der Waals surface area contributed by atoms with E-state index >= 15 is 0 Å². The predicted molar refractivity (Wildman–Crippen MR) is 117 cm³/mol. The van der Waals surface area contributed by atoms with Crippen LogP contribution < -0.4 is 0 Å². The van der Waals surface area contributed by atoms with Crippen molar-refractivity contribution in [2.75, 3.05) is 13.2 Å². The van der Waals surface area contributed by atoms with Crippen molar-refractivity contribution in [3.8, 4) is 0 Å². The molecule has 2 saturated heterocycles. The maximum absolute atomic E-state index is 12.4. The average Bonchev–Trinajstić information content (AvgIpc) is 3.07. The first kappa shape index (κ1) is 22.5. The lowest BCUT2D eigenvalue weighted by molar-refractivity contribution is -0.170. The Labute approximate surface area is 191 Å². The number of rotatable bonds is 10. The summed E-state index contributed by atoms with van der Waals surface area (Å²) in [4.78, 5) is 37.9. The van der Waals surface area contributed by atoms with E-state index in [2.05, 4.69) is 0 Å². The number of ether oxygens (including phenoxy) is 3. The molecule has 2 aliphatic rings. The van der Waals surface area contributed by atoms with Crippen LogP contribution in [0.3, 0.4) is 0 Å². The monoisotopic (exact) mass is 451 g/mol. The fourth-order valence-corrected chi connectivity index (χ4v) is 4.05. The van der Waals surface area contributed by atoms with Gasteiger partial charge in [-0.15, -0.1) is 0 Å². The van der Waals surface area contributed by atoms with E-state index < -0.39 is 17.7 Å². The Balaban J connectivity index is 1.35. The zero-order valence-corrected chi connectivity index (χ0v) is 18.0. The quantitative estimate of drug-likeness (QED) is 0.337. The molecular formula is C25H25NO7. The Morgan fingerprint density at radius 3 is 2.39 bits per heavy atom. The molecule has 0 spiro atoms. The summed E-state index contributed by atoms with van der Waals surface area (Å²) in [6.07, 6.45) is 1.26. The van der Waals surface area contributed by atoms with Gasteiger partial charge in [0.2, 0.25) is 11.4 Å². The molecule has 1 amide bonds. The summed E-state index contributed by atoms with van der Waals surface area (Å²) in [5.74, 6) is -1.62. The van der Waals surface area contributed by atoms with Crippen LogP contribution in [0.4, 0.5) is 0 Å². The molecule has 2 heterocycles. The summed E-state index contributed by atoms with van der Waals surface area (Å²) in [5.41, 5.74) is 0.0635. The molecule has 2 aliphatic heterocycles. The second kappa shape index (κ2) is 9.87. The second-order valence-corrected chi connectivity index (χ2v) is 7.91. The Kier molecular flexibility index (Phi) is 6.74. The van der Waals surface area contributed by atoms with E-state index in [0.29, 0.717) is 0 Å². The van der Waals surface area contributed by atoms with Crippen LogP contribution in [0.5, 0.6) is 0 Å². The molecule has 0 bridgehead atoms. The summed E-state index contributed by atoms with van der Waals surface area (Å²) >= 11 is 0. The molecule has 0 aliphatic carbocycles. The number of carbonyl (C=O) groups is 3. The molecule has 2 aromatic carbocycles.